The van der Waals surface area contributed by atoms with Crippen LogP contribution in [0.5, 0.6) is 5.75 Å². The Labute approximate surface area is 120 Å². The van der Waals surface area contributed by atoms with Crippen LogP contribution in [0, 0.1) is 5.92 Å². The van der Waals surface area contributed by atoms with Crippen molar-refractivity contribution in [3.8, 4) is 5.75 Å². The Morgan fingerprint density at radius 1 is 1.53 bits per heavy atom. The number of rotatable bonds is 7. The van der Waals surface area contributed by atoms with Crippen molar-refractivity contribution in [1.29, 1.82) is 0 Å². The molecule has 1 rings (SSSR count). The van der Waals surface area contributed by atoms with Gasteiger partial charge in [0, 0.05) is 10.8 Å². The van der Waals surface area contributed by atoms with E-state index < -0.39 is 0 Å². The zero-order valence-corrected chi connectivity index (χ0v) is 12.9. The number of halogens is 2. The summed E-state index contributed by atoms with van der Waals surface area (Å²) in [5.41, 5.74) is 5.55. The van der Waals surface area contributed by atoms with E-state index in [1.807, 2.05) is 30.0 Å². The van der Waals surface area contributed by atoms with E-state index in [0.717, 1.165) is 28.3 Å². The predicted molar refractivity (Wildman–Crippen MR) is 80.2 cm³/mol. The number of thioether (sulfide) groups is 1. The van der Waals surface area contributed by atoms with E-state index in [-0.39, 0.29) is 0 Å². The maximum Gasteiger partial charge on any atom is 0.133 e. The molecule has 0 heterocycles. The molecule has 5 heteroatoms. The van der Waals surface area contributed by atoms with Crippen molar-refractivity contribution in [2.45, 2.75) is 6.92 Å². The van der Waals surface area contributed by atoms with Gasteiger partial charge in [0.15, 0.2) is 0 Å². The van der Waals surface area contributed by atoms with Gasteiger partial charge in [-0.1, -0.05) is 18.5 Å². The fourth-order valence-corrected chi connectivity index (χ4v) is 2.86. The molecule has 0 aliphatic heterocycles. The second-order valence-electron chi connectivity index (χ2n) is 3.84. The lowest BCUT2D eigenvalue weighted by Crippen LogP contribution is -2.13. The van der Waals surface area contributed by atoms with Crippen LogP contribution in [-0.4, -0.2) is 24.7 Å². The molecule has 2 N–H and O–H groups in total. The summed E-state index contributed by atoms with van der Waals surface area (Å²) >= 11 is 11.1. The van der Waals surface area contributed by atoms with E-state index in [9.17, 15) is 0 Å². The Bertz CT molecular complexity index is 351. The van der Waals surface area contributed by atoms with Crippen molar-refractivity contribution in [3.05, 3.63) is 27.7 Å². The van der Waals surface area contributed by atoms with Crippen LogP contribution < -0.4 is 10.5 Å². The molecule has 0 fully saturated rings. The zero-order valence-electron chi connectivity index (χ0n) is 9.79. The zero-order chi connectivity index (χ0) is 12.7. The molecule has 2 nitrogen and oxygen atoms in total. The molecule has 0 bridgehead atoms. The second kappa shape index (κ2) is 8.25. The van der Waals surface area contributed by atoms with Crippen LogP contribution >= 0.6 is 39.3 Å². The topological polar surface area (TPSA) is 35.2 Å². The maximum atomic E-state index is 5.85. The monoisotopic (exact) mass is 337 g/mol. The van der Waals surface area contributed by atoms with Crippen molar-refractivity contribution in [2.75, 3.05) is 24.7 Å². The molecule has 0 spiro atoms. The highest BCUT2D eigenvalue weighted by molar-refractivity contribution is 9.10. The molecular weight excluding hydrogens is 322 g/mol. The number of hydrogen-bond acceptors (Lipinski definition) is 3. The van der Waals surface area contributed by atoms with Gasteiger partial charge in [0.1, 0.15) is 5.75 Å². The Morgan fingerprint density at radius 3 is 2.94 bits per heavy atom. The van der Waals surface area contributed by atoms with Gasteiger partial charge in [-0.05, 0) is 52.3 Å². The van der Waals surface area contributed by atoms with E-state index in [0.29, 0.717) is 17.5 Å². The van der Waals surface area contributed by atoms with Crippen LogP contribution in [0.15, 0.2) is 22.7 Å². The third kappa shape index (κ3) is 6.00. The highest BCUT2D eigenvalue weighted by Crippen LogP contribution is 2.28. The highest BCUT2D eigenvalue weighted by atomic mass is 79.9. The van der Waals surface area contributed by atoms with Gasteiger partial charge in [-0.3, -0.25) is 0 Å². The largest absolute Gasteiger partial charge is 0.492 e. The van der Waals surface area contributed by atoms with Crippen molar-refractivity contribution < 1.29 is 4.74 Å². The normalized spacial score (nSPS) is 12.5. The standard InChI is InChI=1S/C12H17BrClNOS/c1-9(7-15)8-17-5-4-16-12-3-2-10(14)6-11(12)13/h2-3,6,9H,4-5,7-8,15H2,1H3. The predicted octanol–water partition coefficient (Wildman–Crippen LogP) is 3.81. The molecule has 96 valence electrons. The average molecular weight is 339 g/mol. The maximum absolute atomic E-state index is 5.85. The van der Waals surface area contributed by atoms with Gasteiger partial charge in [0.25, 0.3) is 0 Å². The SMILES string of the molecule is CC(CN)CSCCOc1ccc(Cl)cc1Br. The van der Waals surface area contributed by atoms with Crippen LogP contribution in [0.4, 0.5) is 0 Å². The van der Waals surface area contributed by atoms with Gasteiger partial charge in [0.2, 0.25) is 0 Å². The molecule has 17 heavy (non-hydrogen) atoms. The van der Waals surface area contributed by atoms with Crippen LogP contribution in [0.2, 0.25) is 5.02 Å². The van der Waals surface area contributed by atoms with E-state index in [2.05, 4.69) is 22.9 Å². The Morgan fingerprint density at radius 2 is 2.29 bits per heavy atom. The molecule has 1 unspecified atom stereocenters. The molecule has 0 amide bonds. The molecule has 0 aliphatic rings. The summed E-state index contributed by atoms with van der Waals surface area (Å²) < 4.78 is 6.54. The number of hydrogen-bond donors (Lipinski definition) is 1. The third-order valence-electron chi connectivity index (χ3n) is 2.18. The minimum absolute atomic E-state index is 0.572. The Balaban J connectivity index is 2.22. The first-order chi connectivity index (χ1) is 8.13. The summed E-state index contributed by atoms with van der Waals surface area (Å²) in [5.74, 6) is 3.46. The molecule has 0 radical (unpaired) electrons. The summed E-state index contributed by atoms with van der Waals surface area (Å²) in [6.45, 7) is 3.60. The smallest absolute Gasteiger partial charge is 0.133 e. The molecule has 0 aromatic heterocycles. The van der Waals surface area contributed by atoms with Gasteiger partial charge in [-0.2, -0.15) is 11.8 Å². The first-order valence-electron chi connectivity index (χ1n) is 5.49. The van der Waals surface area contributed by atoms with Crippen LogP contribution in [0.3, 0.4) is 0 Å². The summed E-state index contributed by atoms with van der Waals surface area (Å²) in [7, 11) is 0. The number of benzene rings is 1. The molecule has 1 aromatic rings. The molecular formula is C12H17BrClNOS. The van der Waals surface area contributed by atoms with Gasteiger partial charge < -0.3 is 10.5 Å². The van der Waals surface area contributed by atoms with Gasteiger partial charge in [0.05, 0.1) is 11.1 Å². The Kier molecular flexibility index (Phi) is 7.35. The van der Waals surface area contributed by atoms with Crippen molar-refractivity contribution in [1.82, 2.24) is 0 Å². The lowest BCUT2D eigenvalue weighted by atomic mass is 10.2. The summed E-state index contributed by atoms with van der Waals surface area (Å²) in [4.78, 5) is 0. The van der Waals surface area contributed by atoms with E-state index in [4.69, 9.17) is 22.1 Å². The molecule has 0 saturated heterocycles. The average Bonchev–Trinajstić information content (AvgIpc) is 2.30. The van der Waals surface area contributed by atoms with Crippen molar-refractivity contribution in [2.24, 2.45) is 11.7 Å². The molecule has 0 aliphatic carbocycles. The summed E-state index contributed by atoms with van der Waals surface area (Å²) in [6.07, 6.45) is 0. The first kappa shape index (κ1) is 15.2. The van der Waals surface area contributed by atoms with Gasteiger partial charge in [-0.25, -0.2) is 0 Å². The minimum Gasteiger partial charge on any atom is -0.492 e. The fraction of sp³-hybridized carbons (Fsp3) is 0.500. The van der Waals surface area contributed by atoms with Crippen molar-refractivity contribution >= 4 is 39.3 Å². The number of ether oxygens (including phenoxy) is 1. The second-order valence-corrected chi connectivity index (χ2v) is 6.28. The molecule has 1 aromatic carbocycles. The minimum atomic E-state index is 0.572. The third-order valence-corrected chi connectivity index (χ3v) is 4.30. The molecule has 1 atom stereocenters. The van der Waals surface area contributed by atoms with Gasteiger partial charge >= 0.3 is 0 Å². The highest BCUT2D eigenvalue weighted by Gasteiger charge is 2.02. The van der Waals surface area contributed by atoms with Crippen LogP contribution in [0.25, 0.3) is 0 Å². The molecule has 0 saturated carbocycles. The van der Waals surface area contributed by atoms with E-state index in [1.165, 1.54) is 0 Å². The number of nitrogens with two attached hydrogens (primary N) is 1. The van der Waals surface area contributed by atoms with Crippen LogP contribution in [0.1, 0.15) is 6.92 Å². The van der Waals surface area contributed by atoms with Crippen LogP contribution in [-0.2, 0) is 0 Å². The summed E-state index contributed by atoms with van der Waals surface area (Å²) in [5, 5.41) is 0.704. The fourth-order valence-electron chi connectivity index (χ4n) is 1.16. The lowest BCUT2D eigenvalue weighted by molar-refractivity contribution is 0.341. The van der Waals surface area contributed by atoms with E-state index in [1.54, 1.807) is 0 Å². The quantitative estimate of drug-likeness (QED) is 0.768. The summed E-state index contributed by atoms with van der Waals surface area (Å²) in [6, 6.07) is 5.53. The lowest BCUT2D eigenvalue weighted by Gasteiger charge is -2.10. The van der Waals surface area contributed by atoms with E-state index >= 15 is 0 Å². The van der Waals surface area contributed by atoms with Crippen molar-refractivity contribution in [3.63, 3.8) is 0 Å². The van der Waals surface area contributed by atoms with Gasteiger partial charge in [-0.15, -0.1) is 0 Å². The Hall–Kier alpha value is 0.1000. The first-order valence-corrected chi connectivity index (χ1v) is 7.81.